The number of anilines is 1. The van der Waals surface area contributed by atoms with Crippen LogP contribution in [0.5, 0.6) is 0 Å². The minimum absolute atomic E-state index is 0.0409. The molecule has 2 heterocycles. The van der Waals surface area contributed by atoms with Gasteiger partial charge in [0.25, 0.3) is 0 Å². The summed E-state index contributed by atoms with van der Waals surface area (Å²) in [6.07, 6.45) is 5.89. The molecular weight excluding hydrogens is 306 g/mol. The van der Waals surface area contributed by atoms with Crippen LogP contribution in [-0.4, -0.2) is 65.9 Å². The van der Waals surface area contributed by atoms with Gasteiger partial charge in [-0.3, -0.25) is 4.68 Å². The van der Waals surface area contributed by atoms with Gasteiger partial charge in [-0.25, -0.2) is 17.5 Å². The number of hydrogen-bond acceptors (Lipinski definition) is 4. The van der Waals surface area contributed by atoms with Crippen molar-refractivity contribution in [3.8, 4) is 0 Å². The van der Waals surface area contributed by atoms with Gasteiger partial charge in [0.1, 0.15) is 0 Å². The van der Waals surface area contributed by atoms with Crippen LogP contribution in [0.25, 0.3) is 0 Å². The summed E-state index contributed by atoms with van der Waals surface area (Å²) in [6.45, 7) is 3.62. The highest BCUT2D eigenvalue weighted by molar-refractivity contribution is 7.88. The molecule has 0 aliphatic carbocycles. The summed E-state index contributed by atoms with van der Waals surface area (Å²) in [5.74, 6) is 0. The first kappa shape index (κ1) is 16.8. The van der Waals surface area contributed by atoms with Crippen molar-refractivity contribution < 1.29 is 13.2 Å². The summed E-state index contributed by atoms with van der Waals surface area (Å²) >= 11 is 0. The lowest BCUT2D eigenvalue weighted by atomic mass is 10.1. The second-order valence-corrected chi connectivity index (χ2v) is 7.50. The molecule has 124 valence electrons. The number of carbonyl (C=O) groups excluding carboxylic acids is 1. The number of urea groups is 1. The van der Waals surface area contributed by atoms with E-state index >= 15 is 0 Å². The second-order valence-electron chi connectivity index (χ2n) is 5.52. The van der Waals surface area contributed by atoms with Crippen molar-refractivity contribution in [2.45, 2.75) is 32.4 Å². The van der Waals surface area contributed by atoms with Gasteiger partial charge in [-0.1, -0.05) is 0 Å². The quantitative estimate of drug-likeness (QED) is 0.885. The molecule has 0 spiro atoms. The number of aryl methyl sites for hydroxylation is 1. The number of piperidine rings is 1. The van der Waals surface area contributed by atoms with Crippen molar-refractivity contribution in [1.82, 2.24) is 19.0 Å². The van der Waals surface area contributed by atoms with E-state index in [1.54, 1.807) is 29.0 Å². The number of nitrogens with one attached hydrogen (secondary N) is 1. The van der Waals surface area contributed by atoms with Crippen LogP contribution in [0.15, 0.2) is 12.4 Å². The molecule has 1 aliphatic rings. The van der Waals surface area contributed by atoms with Gasteiger partial charge in [-0.2, -0.15) is 5.10 Å². The zero-order valence-electron chi connectivity index (χ0n) is 13.2. The first-order valence-corrected chi connectivity index (χ1v) is 9.17. The Morgan fingerprint density at radius 1 is 1.45 bits per heavy atom. The smallest absolute Gasteiger partial charge is 0.321 e. The van der Waals surface area contributed by atoms with E-state index in [-0.39, 0.29) is 12.1 Å². The molecule has 1 aliphatic heterocycles. The Balaban J connectivity index is 1.89. The van der Waals surface area contributed by atoms with Crippen LogP contribution >= 0.6 is 0 Å². The second kappa shape index (κ2) is 6.66. The highest BCUT2D eigenvalue weighted by Gasteiger charge is 2.29. The van der Waals surface area contributed by atoms with E-state index in [4.69, 9.17) is 0 Å². The van der Waals surface area contributed by atoms with Gasteiger partial charge >= 0.3 is 6.03 Å². The number of aromatic nitrogens is 2. The third-order valence-electron chi connectivity index (χ3n) is 3.97. The van der Waals surface area contributed by atoms with Gasteiger partial charge in [0, 0.05) is 38.9 Å². The summed E-state index contributed by atoms with van der Waals surface area (Å²) in [7, 11) is -1.40. The number of rotatable bonds is 4. The Hall–Kier alpha value is -1.61. The molecule has 0 unspecified atom stereocenters. The third kappa shape index (κ3) is 3.98. The average molecular weight is 329 g/mol. The van der Waals surface area contributed by atoms with Gasteiger partial charge < -0.3 is 10.2 Å². The molecule has 0 atom stereocenters. The Morgan fingerprint density at radius 2 is 2.09 bits per heavy atom. The van der Waals surface area contributed by atoms with Crippen LogP contribution in [0, 0.1) is 0 Å². The van der Waals surface area contributed by atoms with Gasteiger partial charge in [0.15, 0.2) is 0 Å². The predicted octanol–water partition coefficient (Wildman–Crippen LogP) is 0.791. The van der Waals surface area contributed by atoms with E-state index in [2.05, 4.69) is 10.4 Å². The van der Waals surface area contributed by atoms with Crippen molar-refractivity contribution in [3.05, 3.63) is 12.4 Å². The number of carbonyl (C=O) groups is 1. The Morgan fingerprint density at radius 3 is 2.59 bits per heavy atom. The van der Waals surface area contributed by atoms with Crippen LogP contribution in [0.4, 0.5) is 10.5 Å². The molecular formula is C13H23N5O3S. The fourth-order valence-corrected chi connectivity index (χ4v) is 3.41. The summed E-state index contributed by atoms with van der Waals surface area (Å²) in [4.78, 5) is 13.9. The summed E-state index contributed by atoms with van der Waals surface area (Å²) in [6, 6.07) is -0.160. The standard InChI is InChI=1S/C13H23N5O3S/c1-4-17-10-11(9-14-17)15-13(19)16(2)12-5-7-18(8-6-12)22(3,20)21/h9-10,12H,4-8H2,1-3H3,(H,15,19). The zero-order chi connectivity index (χ0) is 16.3. The van der Waals surface area contributed by atoms with Crippen LogP contribution in [0.2, 0.25) is 0 Å². The SMILES string of the molecule is CCn1cc(NC(=O)N(C)C2CCN(S(C)(=O)=O)CC2)cn1. The summed E-state index contributed by atoms with van der Waals surface area (Å²) < 4.78 is 26.2. The molecule has 9 heteroatoms. The van der Waals surface area contributed by atoms with Crippen molar-refractivity contribution in [1.29, 1.82) is 0 Å². The minimum atomic E-state index is -3.14. The number of amides is 2. The normalized spacial score (nSPS) is 17.4. The highest BCUT2D eigenvalue weighted by Crippen LogP contribution is 2.18. The van der Waals surface area contributed by atoms with Gasteiger partial charge in [0.2, 0.25) is 10.0 Å². The first-order valence-electron chi connectivity index (χ1n) is 7.32. The topological polar surface area (TPSA) is 87.5 Å². The Kier molecular flexibility index (Phi) is 5.07. The van der Waals surface area contributed by atoms with Crippen LogP contribution < -0.4 is 5.32 Å². The number of nitrogens with zero attached hydrogens (tertiary/aromatic N) is 4. The first-order chi connectivity index (χ1) is 10.3. The monoisotopic (exact) mass is 329 g/mol. The molecule has 8 nitrogen and oxygen atoms in total. The highest BCUT2D eigenvalue weighted by atomic mass is 32.2. The molecule has 1 aromatic rings. The molecule has 1 aromatic heterocycles. The van der Waals surface area contributed by atoms with Crippen molar-refractivity contribution in [2.75, 3.05) is 31.7 Å². The lowest BCUT2D eigenvalue weighted by molar-refractivity contribution is 0.174. The van der Waals surface area contributed by atoms with Crippen LogP contribution in [-0.2, 0) is 16.6 Å². The molecule has 2 rings (SSSR count). The van der Waals surface area contributed by atoms with E-state index in [0.29, 0.717) is 31.6 Å². The Bertz CT molecular complexity index is 619. The zero-order valence-corrected chi connectivity index (χ0v) is 14.0. The number of sulfonamides is 1. The van der Waals surface area contributed by atoms with E-state index in [9.17, 15) is 13.2 Å². The van der Waals surface area contributed by atoms with E-state index < -0.39 is 10.0 Å². The molecule has 0 saturated carbocycles. The maximum Gasteiger partial charge on any atom is 0.321 e. The third-order valence-corrected chi connectivity index (χ3v) is 5.27. The van der Waals surface area contributed by atoms with Crippen molar-refractivity contribution >= 4 is 21.7 Å². The van der Waals surface area contributed by atoms with Crippen LogP contribution in [0.1, 0.15) is 19.8 Å². The predicted molar refractivity (Wildman–Crippen MR) is 84.1 cm³/mol. The van der Waals surface area contributed by atoms with E-state index in [1.165, 1.54) is 10.6 Å². The Labute approximate surface area is 131 Å². The number of hydrogen-bond donors (Lipinski definition) is 1. The molecule has 1 N–H and O–H groups in total. The van der Waals surface area contributed by atoms with Crippen molar-refractivity contribution in [2.24, 2.45) is 0 Å². The lowest BCUT2D eigenvalue weighted by Crippen LogP contribution is -2.48. The molecule has 2 amide bonds. The molecule has 1 fully saturated rings. The molecule has 0 bridgehead atoms. The van der Waals surface area contributed by atoms with Gasteiger partial charge in [-0.15, -0.1) is 0 Å². The largest absolute Gasteiger partial charge is 0.325 e. The molecule has 0 aromatic carbocycles. The minimum Gasteiger partial charge on any atom is -0.325 e. The maximum atomic E-state index is 12.2. The van der Waals surface area contributed by atoms with Crippen molar-refractivity contribution in [3.63, 3.8) is 0 Å². The van der Waals surface area contributed by atoms with E-state index in [1.807, 2.05) is 6.92 Å². The fraction of sp³-hybridized carbons (Fsp3) is 0.692. The molecule has 1 saturated heterocycles. The van der Waals surface area contributed by atoms with E-state index in [0.717, 1.165) is 6.54 Å². The fourth-order valence-electron chi connectivity index (χ4n) is 2.54. The molecule has 22 heavy (non-hydrogen) atoms. The maximum absolute atomic E-state index is 12.2. The average Bonchev–Trinajstić information content (AvgIpc) is 2.93. The summed E-state index contributed by atoms with van der Waals surface area (Å²) in [5, 5.41) is 6.91. The van der Waals surface area contributed by atoms with Gasteiger partial charge in [0.05, 0.1) is 18.1 Å². The molecule has 0 radical (unpaired) electrons. The van der Waals surface area contributed by atoms with Crippen LogP contribution in [0.3, 0.4) is 0 Å². The van der Waals surface area contributed by atoms with Gasteiger partial charge in [-0.05, 0) is 19.8 Å². The lowest BCUT2D eigenvalue weighted by Gasteiger charge is -2.35. The summed E-state index contributed by atoms with van der Waals surface area (Å²) in [5.41, 5.74) is 0.660.